The standard InChI is InChI=1S/C16H29N3O2/c1-21-10-9-19-8-2-3-13(19)12-18-15(20)14-11-16(14)4-6-17-7-5-16/h13-14,17H,2-12H2,1H3,(H,18,20). The molecule has 2 saturated heterocycles. The monoisotopic (exact) mass is 295 g/mol. The predicted octanol–water partition coefficient (Wildman–Crippen LogP) is 0.603. The van der Waals surface area contributed by atoms with Gasteiger partial charge >= 0.3 is 0 Å². The van der Waals surface area contributed by atoms with Gasteiger partial charge in [0, 0.05) is 32.2 Å². The van der Waals surface area contributed by atoms with Gasteiger partial charge in [-0.3, -0.25) is 9.69 Å². The number of piperidine rings is 1. The third-order valence-electron chi connectivity index (χ3n) is 5.70. The Bertz CT molecular complexity index is 369. The molecular formula is C16H29N3O2. The smallest absolute Gasteiger partial charge is 0.223 e. The van der Waals surface area contributed by atoms with Crippen molar-refractivity contribution in [2.75, 3.05) is 46.4 Å². The number of amides is 1. The van der Waals surface area contributed by atoms with E-state index in [0.29, 0.717) is 17.4 Å². The molecule has 0 radical (unpaired) electrons. The number of likely N-dealkylation sites (tertiary alicyclic amines) is 1. The maximum atomic E-state index is 12.4. The van der Waals surface area contributed by atoms with Crippen LogP contribution >= 0.6 is 0 Å². The zero-order valence-electron chi connectivity index (χ0n) is 13.2. The van der Waals surface area contributed by atoms with E-state index < -0.39 is 0 Å². The van der Waals surface area contributed by atoms with E-state index in [1.807, 2.05) is 0 Å². The third-order valence-corrected chi connectivity index (χ3v) is 5.70. The third kappa shape index (κ3) is 3.41. The SMILES string of the molecule is COCCN1CCCC1CNC(=O)C1CC12CCNCC2. The van der Waals surface area contributed by atoms with Gasteiger partial charge in [-0.25, -0.2) is 0 Å². The van der Waals surface area contributed by atoms with Crippen LogP contribution in [0.1, 0.15) is 32.1 Å². The Morgan fingerprint density at radius 3 is 3.00 bits per heavy atom. The normalized spacial score (nSPS) is 31.5. The number of carbonyl (C=O) groups is 1. The lowest BCUT2D eigenvalue weighted by atomic mass is 9.92. The molecule has 1 saturated carbocycles. The summed E-state index contributed by atoms with van der Waals surface area (Å²) >= 11 is 0. The summed E-state index contributed by atoms with van der Waals surface area (Å²) < 4.78 is 5.17. The Morgan fingerprint density at radius 2 is 2.24 bits per heavy atom. The van der Waals surface area contributed by atoms with Gasteiger partial charge in [-0.1, -0.05) is 0 Å². The average Bonchev–Trinajstić information content (AvgIpc) is 3.00. The Balaban J connectivity index is 1.42. The van der Waals surface area contributed by atoms with E-state index in [9.17, 15) is 4.79 Å². The number of nitrogens with zero attached hydrogens (tertiary/aromatic N) is 1. The molecule has 2 N–H and O–H groups in total. The number of hydrogen-bond acceptors (Lipinski definition) is 4. The van der Waals surface area contributed by atoms with E-state index in [-0.39, 0.29) is 5.92 Å². The molecule has 2 heterocycles. The van der Waals surface area contributed by atoms with Gasteiger partial charge in [-0.15, -0.1) is 0 Å². The summed E-state index contributed by atoms with van der Waals surface area (Å²) in [5.74, 6) is 0.587. The highest BCUT2D eigenvalue weighted by Crippen LogP contribution is 2.58. The number of rotatable bonds is 6. The van der Waals surface area contributed by atoms with Gasteiger partial charge in [0.1, 0.15) is 0 Å². The number of carbonyl (C=O) groups excluding carboxylic acids is 1. The fraction of sp³-hybridized carbons (Fsp3) is 0.938. The zero-order valence-corrected chi connectivity index (χ0v) is 13.2. The van der Waals surface area contributed by atoms with Crippen molar-refractivity contribution in [3.8, 4) is 0 Å². The molecule has 0 aromatic carbocycles. The van der Waals surface area contributed by atoms with Crippen LogP contribution in [0.3, 0.4) is 0 Å². The van der Waals surface area contributed by atoms with Crippen LogP contribution in [0.5, 0.6) is 0 Å². The fourth-order valence-corrected chi connectivity index (χ4v) is 4.17. The van der Waals surface area contributed by atoms with Crippen molar-refractivity contribution in [2.45, 2.75) is 38.1 Å². The molecule has 3 fully saturated rings. The van der Waals surface area contributed by atoms with E-state index in [2.05, 4.69) is 15.5 Å². The first-order valence-electron chi connectivity index (χ1n) is 8.47. The first-order chi connectivity index (χ1) is 10.2. The largest absolute Gasteiger partial charge is 0.383 e. The zero-order chi connectivity index (χ0) is 14.7. The Kier molecular flexibility index (Phi) is 4.82. The molecule has 1 aliphatic carbocycles. The van der Waals surface area contributed by atoms with Crippen LogP contribution < -0.4 is 10.6 Å². The Hall–Kier alpha value is -0.650. The summed E-state index contributed by atoms with van der Waals surface area (Å²) in [4.78, 5) is 14.8. The van der Waals surface area contributed by atoms with Gasteiger partial charge in [-0.2, -0.15) is 0 Å². The van der Waals surface area contributed by atoms with E-state index >= 15 is 0 Å². The summed E-state index contributed by atoms with van der Waals surface area (Å²) in [5, 5.41) is 6.61. The highest BCUT2D eigenvalue weighted by atomic mass is 16.5. The molecule has 1 amide bonds. The second-order valence-corrected chi connectivity index (χ2v) is 6.94. The van der Waals surface area contributed by atoms with Crippen molar-refractivity contribution in [1.82, 2.24) is 15.5 Å². The van der Waals surface area contributed by atoms with Gasteiger partial charge in [0.2, 0.25) is 5.91 Å². The molecule has 3 aliphatic rings. The average molecular weight is 295 g/mol. The molecule has 0 aromatic heterocycles. The second-order valence-electron chi connectivity index (χ2n) is 6.94. The topological polar surface area (TPSA) is 53.6 Å². The van der Waals surface area contributed by atoms with Crippen LogP contribution in [0.4, 0.5) is 0 Å². The molecule has 0 aromatic rings. The van der Waals surface area contributed by atoms with Crippen LogP contribution in [0.15, 0.2) is 0 Å². The molecule has 2 unspecified atom stereocenters. The molecule has 3 rings (SSSR count). The van der Waals surface area contributed by atoms with Crippen molar-refractivity contribution < 1.29 is 9.53 Å². The lowest BCUT2D eigenvalue weighted by molar-refractivity contribution is -0.123. The summed E-state index contributed by atoms with van der Waals surface area (Å²) in [7, 11) is 1.75. The molecule has 21 heavy (non-hydrogen) atoms. The quantitative estimate of drug-likeness (QED) is 0.754. The van der Waals surface area contributed by atoms with E-state index in [4.69, 9.17) is 4.74 Å². The molecule has 2 aliphatic heterocycles. The van der Waals surface area contributed by atoms with Crippen molar-refractivity contribution in [1.29, 1.82) is 0 Å². The predicted molar refractivity (Wildman–Crippen MR) is 82.1 cm³/mol. The number of hydrogen-bond donors (Lipinski definition) is 2. The molecule has 0 bridgehead atoms. The summed E-state index contributed by atoms with van der Waals surface area (Å²) in [6.45, 7) is 5.88. The molecule has 120 valence electrons. The van der Waals surface area contributed by atoms with Gasteiger partial charge in [0.25, 0.3) is 0 Å². The molecule has 1 spiro atoms. The van der Waals surface area contributed by atoms with E-state index in [1.54, 1.807) is 7.11 Å². The summed E-state index contributed by atoms with van der Waals surface area (Å²) in [6, 6.07) is 0.506. The van der Waals surface area contributed by atoms with Gasteiger partial charge in [0.15, 0.2) is 0 Å². The minimum atomic E-state index is 0.286. The highest BCUT2D eigenvalue weighted by molar-refractivity contribution is 5.82. The molecule has 5 heteroatoms. The Labute approximate surface area is 127 Å². The van der Waals surface area contributed by atoms with Crippen molar-refractivity contribution >= 4 is 5.91 Å². The number of methoxy groups -OCH3 is 1. The van der Waals surface area contributed by atoms with Crippen molar-refractivity contribution in [3.63, 3.8) is 0 Å². The first kappa shape index (κ1) is 15.3. The van der Waals surface area contributed by atoms with Crippen LogP contribution in [0.25, 0.3) is 0 Å². The summed E-state index contributed by atoms with van der Waals surface area (Å²) in [5.41, 5.74) is 0.348. The highest BCUT2D eigenvalue weighted by Gasteiger charge is 2.57. The second kappa shape index (κ2) is 6.63. The van der Waals surface area contributed by atoms with Gasteiger partial charge in [-0.05, 0) is 57.2 Å². The maximum Gasteiger partial charge on any atom is 0.223 e. The van der Waals surface area contributed by atoms with Gasteiger partial charge in [0.05, 0.1) is 6.61 Å². The minimum Gasteiger partial charge on any atom is -0.383 e. The molecule has 2 atom stereocenters. The lowest BCUT2D eigenvalue weighted by Gasteiger charge is -2.25. The van der Waals surface area contributed by atoms with Crippen molar-refractivity contribution in [2.24, 2.45) is 11.3 Å². The van der Waals surface area contributed by atoms with Crippen molar-refractivity contribution in [3.05, 3.63) is 0 Å². The maximum absolute atomic E-state index is 12.4. The number of nitrogens with one attached hydrogen (secondary N) is 2. The van der Waals surface area contributed by atoms with Gasteiger partial charge < -0.3 is 15.4 Å². The van der Waals surface area contributed by atoms with E-state index in [1.165, 1.54) is 25.7 Å². The number of ether oxygens (including phenoxy) is 1. The molecular weight excluding hydrogens is 266 g/mol. The lowest BCUT2D eigenvalue weighted by Crippen LogP contribution is -2.42. The fourth-order valence-electron chi connectivity index (χ4n) is 4.17. The van der Waals surface area contributed by atoms with Crippen LogP contribution in [-0.4, -0.2) is 63.3 Å². The first-order valence-corrected chi connectivity index (χ1v) is 8.47. The van der Waals surface area contributed by atoms with Crippen LogP contribution in [-0.2, 0) is 9.53 Å². The van der Waals surface area contributed by atoms with Crippen LogP contribution in [0, 0.1) is 11.3 Å². The van der Waals surface area contributed by atoms with Crippen LogP contribution in [0.2, 0.25) is 0 Å². The molecule has 5 nitrogen and oxygen atoms in total. The summed E-state index contributed by atoms with van der Waals surface area (Å²) in [6.07, 6.45) is 5.90. The van der Waals surface area contributed by atoms with E-state index in [0.717, 1.165) is 45.8 Å². The Morgan fingerprint density at radius 1 is 1.43 bits per heavy atom. The minimum absolute atomic E-state index is 0.286.